The van der Waals surface area contributed by atoms with Crippen molar-refractivity contribution in [3.63, 3.8) is 0 Å². The number of nitrogens with zero attached hydrogens (tertiary/aromatic N) is 1. The highest BCUT2D eigenvalue weighted by Gasteiger charge is 2.21. The molecule has 0 spiro atoms. The van der Waals surface area contributed by atoms with E-state index >= 15 is 0 Å². The largest absolute Gasteiger partial charge is 0.480 e. The SMILES string of the molecule is CCN(CC)CC(=O)N[C@H](CC(C)C)C(=O)O. The Labute approximate surface area is 103 Å². The average Bonchev–Trinajstić information content (AvgIpc) is 2.24. The van der Waals surface area contributed by atoms with Crippen molar-refractivity contribution in [3.8, 4) is 0 Å². The van der Waals surface area contributed by atoms with Crippen molar-refractivity contribution in [2.75, 3.05) is 19.6 Å². The number of carbonyl (C=O) groups excluding carboxylic acids is 1. The summed E-state index contributed by atoms with van der Waals surface area (Å²) in [6.45, 7) is 9.64. The molecule has 0 aromatic carbocycles. The van der Waals surface area contributed by atoms with Crippen LogP contribution >= 0.6 is 0 Å². The highest BCUT2D eigenvalue weighted by Crippen LogP contribution is 2.04. The molecule has 0 radical (unpaired) electrons. The molecule has 0 bridgehead atoms. The highest BCUT2D eigenvalue weighted by atomic mass is 16.4. The van der Waals surface area contributed by atoms with Crippen LogP contribution in [-0.4, -0.2) is 47.6 Å². The quantitative estimate of drug-likeness (QED) is 0.667. The minimum Gasteiger partial charge on any atom is -0.480 e. The van der Waals surface area contributed by atoms with Crippen molar-refractivity contribution in [3.05, 3.63) is 0 Å². The maximum atomic E-state index is 11.7. The monoisotopic (exact) mass is 244 g/mol. The van der Waals surface area contributed by atoms with Crippen LogP contribution in [-0.2, 0) is 9.59 Å². The van der Waals surface area contributed by atoms with Gasteiger partial charge in [-0.15, -0.1) is 0 Å². The third-order valence-corrected chi connectivity index (χ3v) is 2.60. The lowest BCUT2D eigenvalue weighted by molar-refractivity contribution is -0.142. The first kappa shape index (κ1) is 15.9. The van der Waals surface area contributed by atoms with Gasteiger partial charge in [-0.05, 0) is 25.4 Å². The number of carboxylic acids is 1. The molecule has 17 heavy (non-hydrogen) atoms. The summed E-state index contributed by atoms with van der Waals surface area (Å²) in [4.78, 5) is 24.6. The summed E-state index contributed by atoms with van der Waals surface area (Å²) in [5.41, 5.74) is 0. The highest BCUT2D eigenvalue weighted by molar-refractivity contribution is 5.84. The Balaban J connectivity index is 4.25. The molecule has 0 aliphatic heterocycles. The van der Waals surface area contributed by atoms with Crippen molar-refractivity contribution in [2.24, 2.45) is 5.92 Å². The fourth-order valence-electron chi connectivity index (χ4n) is 1.58. The maximum Gasteiger partial charge on any atom is 0.326 e. The fraction of sp³-hybridized carbons (Fsp3) is 0.833. The first-order valence-corrected chi connectivity index (χ1v) is 6.15. The van der Waals surface area contributed by atoms with E-state index in [0.717, 1.165) is 13.1 Å². The van der Waals surface area contributed by atoms with Gasteiger partial charge in [0.1, 0.15) is 6.04 Å². The fourth-order valence-corrected chi connectivity index (χ4v) is 1.58. The minimum atomic E-state index is -0.966. The number of hydrogen-bond donors (Lipinski definition) is 2. The van der Waals surface area contributed by atoms with Crippen LogP contribution in [0.15, 0.2) is 0 Å². The van der Waals surface area contributed by atoms with Crippen LogP contribution in [0, 0.1) is 5.92 Å². The van der Waals surface area contributed by atoms with Crippen molar-refractivity contribution in [1.29, 1.82) is 0 Å². The van der Waals surface area contributed by atoms with Crippen molar-refractivity contribution < 1.29 is 14.7 Å². The van der Waals surface area contributed by atoms with E-state index in [2.05, 4.69) is 5.32 Å². The van der Waals surface area contributed by atoms with Gasteiger partial charge in [0, 0.05) is 0 Å². The van der Waals surface area contributed by atoms with Crippen LogP contribution in [0.5, 0.6) is 0 Å². The lowest BCUT2D eigenvalue weighted by Crippen LogP contribution is -2.46. The molecule has 5 heteroatoms. The Hall–Kier alpha value is -1.10. The number of likely N-dealkylation sites (N-methyl/N-ethyl adjacent to an activating group) is 1. The third-order valence-electron chi connectivity index (χ3n) is 2.60. The standard InChI is InChI=1S/C12H24N2O3/c1-5-14(6-2)8-11(15)13-10(12(16)17)7-9(3)4/h9-10H,5-8H2,1-4H3,(H,13,15)(H,16,17)/t10-/m1/s1. The molecule has 0 saturated carbocycles. The molecule has 0 aliphatic rings. The summed E-state index contributed by atoms with van der Waals surface area (Å²) in [5.74, 6) is -0.946. The van der Waals surface area contributed by atoms with Crippen LogP contribution in [0.2, 0.25) is 0 Å². The Morgan fingerprint density at radius 3 is 2.12 bits per heavy atom. The average molecular weight is 244 g/mol. The Kier molecular flexibility index (Phi) is 7.54. The summed E-state index contributed by atoms with van der Waals surface area (Å²) in [6, 6.07) is -0.780. The number of amides is 1. The lowest BCUT2D eigenvalue weighted by Gasteiger charge is -2.20. The molecule has 5 nitrogen and oxygen atoms in total. The molecule has 100 valence electrons. The first-order valence-electron chi connectivity index (χ1n) is 6.15. The Morgan fingerprint density at radius 2 is 1.76 bits per heavy atom. The van der Waals surface area contributed by atoms with Gasteiger partial charge in [-0.25, -0.2) is 4.79 Å². The normalized spacial score (nSPS) is 12.8. The van der Waals surface area contributed by atoms with Gasteiger partial charge in [-0.1, -0.05) is 27.7 Å². The summed E-state index contributed by atoms with van der Waals surface area (Å²) >= 11 is 0. The molecule has 1 amide bonds. The topological polar surface area (TPSA) is 69.6 Å². The molecule has 0 aromatic heterocycles. The van der Waals surface area contributed by atoms with Crippen molar-refractivity contribution >= 4 is 11.9 Å². The van der Waals surface area contributed by atoms with Gasteiger partial charge in [0.25, 0.3) is 0 Å². The molecular formula is C12H24N2O3. The van der Waals surface area contributed by atoms with Gasteiger partial charge in [0.05, 0.1) is 6.54 Å². The molecule has 0 heterocycles. The van der Waals surface area contributed by atoms with Crippen molar-refractivity contribution in [1.82, 2.24) is 10.2 Å². The number of carboxylic acid groups (broad SMARTS) is 1. The van der Waals surface area contributed by atoms with Crippen LogP contribution in [0.1, 0.15) is 34.1 Å². The molecule has 0 aromatic rings. The van der Waals surface area contributed by atoms with E-state index in [1.165, 1.54) is 0 Å². The number of carbonyl (C=O) groups is 2. The number of rotatable bonds is 8. The van der Waals surface area contributed by atoms with E-state index in [1.54, 1.807) is 0 Å². The van der Waals surface area contributed by atoms with Gasteiger partial charge >= 0.3 is 5.97 Å². The zero-order valence-corrected chi connectivity index (χ0v) is 11.2. The van der Waals surface area contributed by atoms with E-state index in [-0.39, 0.29) is 18.4 Å². The van der Waals surface area contributed by atoms with Gasteiger partial charge < -0.3 is 10.4 Å². The zero-order valence-electron chi connectivity index (χ0n) is 11.2. The van der Waals surface area contributed by atoms with Gasteiger partial charge in [0.15, 0.2) is 0 Å². The van der Waals surface area contributed by atoms with E-state index < -0.39 is 12.0 Å². The van der Waals surface area contributed by atoms with Gasteiger partial charge in [-0.2, -0.15) is 0 Å². The van der Waals surface area contributed by atoms with Crippen molar-refractivity contribution in [2.45, 2.75) is 40.2 Å². The molecule has 1 atom stereocenters. The summed E-state index contributed by atoms with van der Waals surface area (Å²) in [6.07, 6.45) is 0.458. The molecular weight excluding hydrogens is 220 g/mol. The second kappa shape index (κ2) is 8.06. The van der Waals surface area contributed by atoms with Crippen LogP contribution < -0.4 is 5.32 Å². The van der Waals surface area contributed by atoms with E-state index in [0.29, 0.717) is 6.42 Å². The predicted molar refractivity (Wildman–Crippen MR) is 66.8 cm³/mol. The number of hydrogen-bond acceptors (Lipinski definition) is 3. The summed E-state index contributed by atoms with van der Waals surface area (Å²) in [7, 11) is 0. The number of aliphatic carboxylic acids is 1. The second-order valence-corrected chi connectivity index (χ2v) is 4.55. The van der Waals surface area contributed by atoms with E-state index in [4.69, 9.17) is 5.11 Å². The molecule has 0 aliphatic carbocycles. The van der Waals surface area contributed by atoms with E-state index in [9.17, 15) is 9.59 Å². The van der Waals surface area contributed by atoms with Gasteiger partial charge in [-0.3, -0.25) is 9.69 Å². The number of nitrogens with one attached hydrogen (secondary N) is 1. The van der Waals surface area contributed by atoms with Crippen LogP contribution in [0.25, 0.3) is 0 Å². The molecule has 0 rings (SSSR count). The smallest absolute Gasteiger partial charge is 0.326 e. The van der Waals surface area contributed by atoms with Gasteiger partial charge in [0.2, 0.25) is 5.91 Å². The van der Waals surface area contributed by atoms with Crippen LogP contribution in [0.3, 0.4) is 0 Å². The summed E-state index contributed by atoms with van der Waals surface area (Å²) in [5, 5.41) is 11.6. The predicted octanol–water partition coefficient (Wildman–Crippen LogP) is 0.944. The third kappa shape index (κ3) is 6.94. The molecule has 0 unspecified atom stereocenters. The summed E-state index contributed by atoms with van der Waals surface area (Å²) < 4.78 is 0. The Morgan fingerprint density at radius 1 is 1.24 bits per heavy atom. The van der Waals surface area contributed by atoms with E-state index in [1.807, 2.05) is 32.6 Å². The molecule has 0 fully saturated rings. The Bertz CT molecular complexity index is 250. The second-order valence-electron chi connectivity index (χ2n) is 4.55. The zero-order chi connectivity index (χ0) is 13.4. The first-order chi connectivity index (χ1) is 7.90. The molecule has 2 N–H and O–H groups in total. The van der Waals surface area contributed by atoms with Crippen LogP contribution in [0.4, 0.5) is 0 Å². The minimum absolute atomic E-state index is 0.221. The molecule has 0 saturated heterocycles. The lowest BCUT2D eigenvalue weighted by atomic mass is 10.0. The maximum absolute atomic E-state index is 11.7.